The summed E-state index contributed by atoms with van der Waals surface area (Å²) in [6, 6.07) is 0.245. The van der Waals surface area contributed by atoms with Crippen molar-refractivity contribution in [2.24, 2.45) is 5.73 Å². The zero-order chi connectivity index (χ0) is 9.26. The van der Waals surface area contributed by atoms with Crippen molar-refractivity contribution >= 4 is 0 Å². The van der Waals surface area contributed by atoms with Gasteiger partial charge in [-0.2, -0.15) is 5.10 Å². The first-order valence-corrected chi connectivity index (χ1v) is 4.80. The third kappa shape index (κ3) is 1.59. The van der Waals surface area contributed by atoms with E-state index < -0.39 is 0 Å². The number of nitrogens with one attached hydrogen (secondary N) is 1. The Bertz CT molecular complexity index is 281. The van der Waals surface area contributed by atoms with Crippen molar-refractivity contribution in [1.29, 1.82) is 0 Å². The molecule has 1 saturated heterocycles. The van der Waals surface area contributed by atoms with E-state index in [0.29, 0.717) is 5.92 Å². The molecule has 2 unspecified atom stereocenters. The quantitative estimate of drug-likeness (QED) is 0.669. The standard InChI is InChI=1S/C9H16N4/c1-2-13-6-7(3-12-13)8-4-11-5-9(8)10/h3,6,8-9,11H,2,4-5,10H2,1H3. The zero-order valence-electron chi connectivity index (χ0n) is 7.90. The second-order valence-electron chi connectivity index (χ2n) is 3.56. The van der Waals surface area contributed by atoms with Gasteiger partial charge in [0.2, 0.25) is 0 Å². The molecule has 2 rings (SSSR count). The van der Waals surface area contributed by atoms with Crippen molar-refractivity contribution < 1.29 is 0 Å². The van der Waals surface area contributed by atoms with Crippen molar-refractivity contribution in [3.63, 3.8) is 0 Å². The average Bonchev–Trinajstić information content (AvgIpc) is 2.71. The molecule has 1 aromatic rings. The molecule has 3 N–H and O–H groups in total. The topological polar surface area (TPSA) is 55.9 Å². The predicted octanol–water partition coefficient (Wildman–Crippen LogP) is -0.0829. The second kappa shape index (κ2) is 3.47. The highest BCUT2D eigenvalue weighted by Crippen LogP contribution is 2.20. The Labute approximate surface area is 78.1 Å². The van der Waals surface area contributed by atoms with Crippen LogP contribution in [0.15, 0.2) is 12.4 Å². The van der Waals surface area contributed by atoms with Crippen LogP contribution in [-0.4, -0.2) is 28.9 Å². The number of hydrogen-bond acceptors (Lipinski definition) is 3. The molecule has 0 spiro atoms. The van der Waals surface area contributed by atoms with E-state index in [1.165, 1.54) is 5.56 Å². The van der Waals surface area contributed by atoms with Crippen molar-refractivity contribution in [3.05, 3.63) is 18.0 Å². The molecule has 1 aliphatic heterocycles. The Morgan fingerprint density at radius 2 is 2.54 bits per heavy atom. The van der Waals surface area contributed by atoms with E-state index in [1.807, 2.05) is 10.9 Å². The van der Waals surface area contributed by atoms with Crippen LogP contribution in [0.1, 0.15) is 18.4 Å². The minimum absolute atomic E-state index is 0.245. The van der Waals surface area contributed by atoms with E-state index in [2.05, 4.69) is 23.5 Å². The van der Waals surface area contributed by atoms with Gasteiger partial charge in [0.25, 0.3) is 0 Å². The summed E-state index contributed by atoms with van der Waals surface area (Å²) in [5.41, 5.74) is 7.23. The van der Waals surface area contributed by atoms with Crippen LogP contribution in [0.4, 0.5) is 0 Å². The van der Waals surface area contributed by atoms with E-state index in [-0.39, 0.29) is 6.04 Å². The highest BCUT2D eigenvalue weighted by Gasteiger charge is 2.25. The van der Waals surface area contributed by atoms with Gasteiger partial charge in [0.1, 0.15) is 0 Å². The summed E-state index contributed by atoms with van der Waals surface area (Å²) >= 11 is 0. The molecule has 0 aromatic carbocycles. The number of rotatable bonds is 2. The Hall–Kier alpha value is -0.870. The molecule has 0 bridgehead atoms. The van der Waals surface area contributed by atoms with Gasteiger partial charge >= 0.3 is 0 Å². The highest BCUT2D eigenvalue weighted by molar-refractivity contribution is 5.17. The maximum atomic E-state index is 5.96. The molecule has 2 heterocycles. The molecule has 13 heavy (non-hydrogen) atoms. The Morgan fingerprint density at radius 1 is 1.69 bits per heavy atom. The van der Waals surface area contributed by atoms with Crippen LogP contribution < -0.4 is 11.1 Å². The van der Waals surface area contributed by atoms with E-state index in [1.54, 1.807) is 0 Å². The van der Waals surface area contributed by atoms with Gasteiger partial charge in [-0.05, 0) is 12.5 Å². The van der Waals surface area contributed by atoms with E-state index in [9.17, 15) is 0 Å². The fourth-order valence-corrected chi connectivity index (χ4v) is 1.81. The van der Waals surface area contributed by atoms with Crippen molar-refractivity contribution in [1.82, 2.24) is 15.1 Å². The molecule has 0 radical (unpaired) electrons. The van der Waals surface area contributed by atoms with E-state index >= 15 is 0 Å². The molecule has 2 atom stereocenters. The summed E-state index contributed by atoms with van der Waals surface area (Å²) in [7, 11) is 0. The molecule has 0 amide bonds. The van der Waals surface area contributed by atoms with Gasteiger partial charge in [-0.15, -0.1) is 0 Å². The molecule has 1 aliphatic rings. The minimum atomic E-state index is 0.245. The number of hydrogen-bond donors (Lipinski definition) is 2. The molecule has 72 valence electrons. The second-order valence-corrected chi connectivity index (χ2v) is 3.56. The minimum Gasteiger partial charge on any atom is -0.326 e. The summed E-state index contributed by atoms with van der Waals surface area (Å²) in [5, 5.41) is 7.53. The third-order valence-corrected chi connectivity index (χ3v) is 2.67. The van der Waals surface area contributed by atoms with Gasteiger partial charge in [-0.25, -0.2) is 0 Å². The zero-order valence-corrected chi connectivity index (χ0v) is 7.90. The molecular formula is C9H16N4. The van der Waals surface area contributed by atoms with Crippen LogP contribution in [-0.2, 0) is 6.54 Å². The molecule has 4 nitrogen and oxygen atoms in total. The van der Waals surface area contributed by atoms with Gasteiger partial charge in [-0.1, -0.05) is 0 Å². The summed E-state index contributed by atoms with van der Waals surface area (Å²) in [6.45, 7) is 4.91. The van der Waals surface area contributed by atoms with Crippen molar-refractivity contribution in [3.8, 4) is 0 Å². The van der Waals surface area contributed by atoms with Crippen LogP contribution in [0, 0.1) is 0 Å². The summed E-state index contributed by atoms with van der Waals surface area (Å²) in [5.74, 6) is 0.445. The lowest BCUT2D eigenvalue weighted by molar-refractivity contribution is 0.642. The third-order valence-electron chi connectivity index (χ3n) is 2.67. The fourth-order valence-electron chi connectivity index (χ4n) is 1.81. The largest absolute Gasteiger partial charge is 0.326 e. The SMILES string of the molecule is CCn1cc(C2CNCC2N)cn1. The first-order valence-electron chi connectivity index (χ1n) is 4.80. The Balaban J connectivity index is 2.15. The van der Waals surface area contributed by atoms with Crippen LogP contribution >= 0.6 is 0 Å². The lowest BCUT2D eigenvalue weighted by Crippen LogP contribution is -2.27. The Kier molecular flexibility index (Phi) is 2.33. The molecule has 1 aromatic heterocycles. The van der Waals surface area contributed by atoms with Gasteiger partial charge in [0.15, 0.2) is 0 Å². The summed E-state index contributed by atoms with van der Waals surface area (Å²) < 4.78 is 1.94. The van der Waals surface area contributed by atoms with Crippen molar-refractivity contribution in [2.45, 2.75) is 25.4 Å². The lowest BCUT2D eigenvalue weighted by atomic mass is 9.98. The average molecular weight is 180 g/mol. The fraction of sp³-hybridized carbons (Fsp3) is 0.667. The normalized spacial score (nSPS) is 28.2. The van der Waals surface area contributed by atoms with Crippen molar-refractivity contribution in [2.75, 3.05) is 13.1 Å². The number of aryl methyl sites for hydroxylation is 1. The summed E-state index contributed by atoms with van der Waals surface area (Å²) in [4.78, 5) is 0. The number of aromatic nitrogens is 2. The maximum absolute atomic E-state index is 5.96. The number of nitrogens with two attached hydrogens (primary N) is 1. The molecular weight excluding hydrogens is 164 g/mol. The van der Waals surface area contributed by atoms with Gasteiger partial charge < -0.3 is 11.1 Å². The number of nitrogens with zero attached hydrogens (tertiary/aromatic N) is 2. The van der Waals surface area contributed by atoms with Crippen LogP contribution in [0.25, 0.3) is 0 Å². The van der Waals surface area contributed by atoms with Crippen LogP contribution in [0.2, 0.25) is 0 Å². The van der Waals surface area contributed by atoms with Gasteiger partial charge in [-0.3, -0.25) is 4.68 Å². The molecule has 0 saturated carbocycles. The van der Waals surface area contributed by atoms with Gasteiger partial charge in [0, 0.05) is 37.8 Å². The van der Waals surface area contributed by atoms with E-state index in [0.717, 1.165) is 19.6 Å². The molecule has 0 aliphatic carbocycles. The lowest BCUT2D eigenvalue weighted by Gasteiger charge is -2.10. The van der Waals surface area contributed by atoms with E-state index in [4.69, 9.17) is 5.73 Å². The van der Waals surface area contributed by atoms with Crippen LogP contribution in [0.3, 0.4) is 0 Å². The monoisotopic (exact) mass is 180 g/mol. The highest BCUT2D eigenvalue weighted by atomic mass is 15.3. The molecule has 4 heteroatoms. The first kappa shape index (κ1) is 8.72. The first-order chi connectivity index (χ1) is 6.31. The maximum Gasteiger partial charge on any atom is 0.0525 e. The van der Waals surface area contributed by atoms with Crippen LogP contribution in [0.5, 0.6) is 0 Å². The summed E-state index contributed by atoms with van der Waals surface area (Å²) in [6.07, 6.45) is 4.03. The van der Waals surface area contributed by atoms with Gasteiger partial charge in [0.05, 0.1) is 6.20 Å². The Morgan fingerprint density at radius 3 is 3.08 bits per heavy atom. The molecule has 1 fully saturated rings. The smallest absolute Gasteiger partial charge is 0.0525 e. The predicted molar refractivity (Wildman–Crippen MR) is 51.5 cm³/mol.